The van der Waals surface area contributed by atoms with Crippen LogP contribution in [0.5, 0.6) is 5.75 Å². The number of hydrogen-bond acceptors (Lipinski definition) is 7. The third-order valence-corrected chi connectivity index (χ3v) is 7.07. The summed E-state index contributed by atoms with van der Waals surface area (Å²) in [5.41, 5.74) is -0.514. The Hall–Kier alpha value is -3.13. The number of anilines is 3. The van der Waals surface area contributed by atoms with E-state index in [1.54, 1.807) is 37.6 Å². The summed E-state index contributed by atoms with van der Waals surface area (Å²) in [6, 6.07) is 8.70. The third kappa shape index (κ3) is 4.14. The Morgan fingerprint density at radius 1 is 1.06 bits per heavy atom. The summed E-state index contributed by atoms with van der Waals surface area (Å²) >= 11 is 1.63. The lowest BCUT2D eigenvalue weighted by Crippen LogP contribution is -2.38. The van der Waals surface area contributed by atoms with E-state index in [1.807, 2.05) is 11.4 Å². The number of nitrogens with zero attached hydrogens (tertiary/aromatic N) is 1. The second-order valence-electron chi connectivity index (χ2n) is 8.47. The third-order valence-electron chi connectivity index (χ3n) is 6.11. The maximum atomic E-state index is 12.5. The summed E-state index contributed by atoms with van der Waals surface area (Å²) in [6.07, 6.45) is 5.69. The first kappa shape index (κ1) is 22.1. The van der Waals surface area contributed by atoms with Gasteiger partial charge in [0, 0.05) is 19.0 Å². The Labute approximate surface area is 190 Å². The summed E-state index contributed by atoms with van der Waals surface area (Å²) in [5, 5.41) is 18.9. The van der Waals surface area contributed by atoms with Gasteiger partial charge in [0.2, 0.25) is 0 Å². The van der Waals surface area contributed by atoms with Crippen LogP contribution in [0.2, 0.25) is 0 Å². The molecule has 8 heteroatoms. The number of thiophene rings is 1. The molecule has 1 saturated carbocycles. The molecule has 1 heterocycles. The fourth-order valence-electron chi connectivity index (χ4n) is 4.35. The van der Waals surface area contributed by atoms with E-state index in [2.05, 4.69) is 16.7 Å². The van der Waals surface area contributed by atoms with Crippen molar-refractivity contribution in [3.8, 4) is 5.75 Å². The monoisotopic (exact) mass is 453 g/mol. The van der Waals surface area contributed by atoms with Gasteiger partial charge in [0.25, 0.3) is 16.8 Å². The van der Waals surface area contributed by atoms with Gasteiger partial charge in [-0.25, -0.2) is 0 Å². The molecule has 32 heavy (non-hydrogen) atoms. The number of aromatic hydroxyl groups is 1. The van der Waals surface area contributed by atoms with Crippen molar-refractivity contribution >= 4 is 34.3 Å². The van der Waals surface area contributed by atoms with Crippen LogP contribution in [-0.2, 0) is 0 Å². The van der Waals surface area contributed by atoms with E-state index in [0.717, 1.165) is 30.6 Å². The molecule has 1 amide bonds. The number of carbonyl (C=O) groups excluding carboxylic acids is 1. The molecule has 3 aromatic rings. The molecular formula is C24H27N3O4S. The molecule has 0 aliphatic heterocycles. The topological polar surface area (TPSA) is 98.7 Å². The highest BCUT2D eigenvalue weighted by Gasteiger charge is 2.30. The molecule has 1 unspecified atom stereocenters. The number of benzene rings is 1. The highest BCUT2D eigenvalue weighted by molar-refractivity contribution is 7.10. The van der Waals surface area contributed by atoms with Crippen molar-refractivity contribution in [2.75, 3.05) is 24.7 Å². The number of phenols is 1. The van der Waals surface area contributed by atoms with E-state index in [4.69, 9.17) is 0 Å². The molecule has 7 nitrogen and oxygen atoms in total. The minimum atomic E-state index is -0.634. The fraction of sp³-hybridized carbons (Fsp3) is 0.375. The lowest BCUT2D eigenvalue weighted by molar-refractivity contribution is 0.0824. The van der Waals surface area contributed by atoms with Crippen LogP contribution in [-0.4, -0.2) is 30.0 Å². The first-order chi connectivity index (χ1) is 15.4. The minimum absolute atomic E-state index is 0.0469. The number of nitrogens with one attached hydrogen (secondary N) is 2. The molecule has 1 aliphatic rings. The van der Waals surface area contributed by atoms with Gasteiger partial charge in [-0.15, -0.1) is 11.3 Å². The minimum Gasteiger partial charge on any atom is -0.505 e. The Morgan fingerprint density at radius 2 is 1.78 bits per heavy atom. The molecular weight excluding hydrogens is 426 g/mol. The molecule has 168 valence electrons. The second kappa shape index (κ2) is 9.16. The van der Waals surface area contributed by atoms with Crippen LogP contribution in [0.3, 0.4) is 0 Å². The molecule has 1 aromatic heterocycles. The molecule has 0 bridgehead atoms. The SMILES string of the molecule is CN(C)C(=O)c1cccc(Nc2c(NC(c3cccs3)C3CCCCC3)c(=O)c2=O)c1O. The Kier molecular flexibility index (Phi) is 6.32. The highest BCUT2D eigenvalue weighted by atomic mass is 32.1. The largest absolute Gasteiger partial charge is 0.505 e. The van der Waals surface area contributed by atoms with E-state index in [1.165, 1.54) is 17.4 Å². The fourth-order valence-corrected chi connectivity index (χ4v) is 5.22. The van der Waals surface area contributed by atoms with Gasteiger partial charge in [0.05, 0.1) is 17.3 Å². The Morgan fingerprint density at radius 3 is 2.44 bits per heavy atom. The van der Waals surface area contributed by atoms with Crippen LogP contribution in [0.25, 0.3) is 0 Å². The van der Waals surface area contributed by atoms with Crippen LogP contribution in [0.1, 0.15) is 53.4 Å². The van der Waals surface area contributed by atoms with Gasteiger partial charge in [-0.1, -0.05) is 31.4 Å². The maximum absolute atomic E-state index is 12.5. The van der Waals surface area contributed by atoms with E-state index < -0.39 is 10.9 Å². The van der Waals surface area contributed by atoms with Crippen molar-refractivity contribution < 1.29 is 9.90 Å². The van der Waals surface area contributed by atoms with Crippen LogP contribution < -0.4 is 21.5 Å². The highest BCUT2D eigenvalue weighted by Crippen LogP contribution is 2.39. The van der Waals surface area contributed by atoms with Crippen molar-refractivity contribution in [3.05, 3.63) is 66.6 Å². The maximum Gasteiger partial charge on any atom is 0.257 e. The van der Waals surface area contributed by atoms with E-state index in [0.29, 0.717) is 5.92 Å². The van der Waals surface area contributed by atoms with Crippen LogP contribution in [0.4, 0.5) is 17.1 Å². The summed E-state index contributed by atoms with van der Waals surface area (Å²) in [4.78, 5) is 39.7. The smallest absolute Gasteiger partial charge is 0.257 e. The number of carbonyl (C=O) groups is 1. The first-order valence-electron chi connectivity index (χ1n) is 10.8. The van der Waals surface area contributed by atoms with Crippen molar-refractivity contribution in [1.29, 1.82) is 0 Å². The zero-order valence-corrected chi connectivity index (χ0v) is 19.0. The van der Waals surface area contributed by atoms with Gasteiger partial charge in [0.1, 0.15) is 11.4 Å². The number of hydrogen-bond donors (Lipinski definition) is 3. The molecule has 0 saturated heterocycles. The second-order valence-corrected chi connectivity index (χ2v) is 9.45. The van der Waals surface area contributed by atoms with E-state index >= 15 is 0 Å². The zero-order chi connectivity index (χ0) is 22.8. The van der Waals surface area contributed by atoms with Gasteiger partial charge in [0.15, 0.2) is 5.75 Å². The van der Waals surface area contributed by atoms with E-state index in [-0.39, 0.29) is 40.3 Å². The predicted molar refractivity (Wildman–Crippen MR) is 128 cm³/mol. The van der Waals surface area contributed by atoms with Gasteiger partial charge >= 0.3 is 0 Å². The van der Waals surface area contributed by atoms with Crippen molar-refractivity contribution in [3.63, 3.8) is 0 Å². The van der Waals surface area contributed by atoms with Crippen molar-refractivity contribution in [1.82, 2.24) is 4.90 Å². The normalized spacial score (nSPS) is 15.4. The Balaban J connectivity index is 1.63. The molecule has 0 spiro atoms. The number of para-hydroxylation sites is 1. The summed E-state index contributed by atoms with van der Waals surface area (Å²) in [7, 11) is 3.19. The van der Waals surface area contributed by atoms with Crippen LogP contribution >= 0.6 is 11.3 Å². The summed E-state index contributed by atoms with van der Waals surface area (Å²) in [5.74, 6) is -0.231. The number of phenolic OH excluding ortho intramolecular Hbond substituents is 1. The summed E-state index contributed by atoms with van der Waals surface area (Å²) < 4.78 is 0. The molecule has 1 atom stereocenters. The van der Waals surface area contributed by atoms with Crippen LogP contribution in [0.15, 0.2) is 45.3 Å². The molecule has 4 rings (SSSR count). The number of amides is 1. The standard InChI is InChI=1S/C24H27N3O4S/c1-27(2)24(31)15-10-6-11-16(21(15)28)25-19-20(23(30)22(19)29)26-18(17-12-7-13-32-17)14-8-4-3-5-9-14/h6-7,10-14,18,25-26,28H,3-5,8-9H2,1-2H3. The zero-order valence-electron chi connectivity index (χ0n) is 18.2. The Bertz CT molecular complexity index is 1170. The van der Waals surface area contributed by atoms with Gasteiger partial charge in [-0.3, -0.25) is 14.4 Å². The molecule has 1 aliphatic carbocycles. The van der Waals surface area contributed by atoms with E-state index in [9.17, 15) is 19.5 Å². The quantitative estimate of drug-likeness (QED) is 0.366. The molecule has 2 aromatic carbocycles. The predicted octanol–water partition coefficient (Wildman–Crippen LogP) is 4.23. The van der Waals surface area contributed by atoms with Crippen molar-refractivity contribution in [2.45, 2.75) is 38.1 Å². The average Bonchev–Trinajstić information content (AvgIpc) is 3.34. The molecule has 0 radical (unpaired) electrons. The average molecular weight is 454 g/mol. The molecule has 3 N–H and O–H groups in total. The van der Waals surface area contributed by atoms with Crippen LogP contribution in [0, 0.1) is 5.92 Å². The first-order valence-corrected chi connectivity index (χ1v) is 11.7. The summed E-state index contributed by atoms with van der Waals surface area (Å²) in [6.45, 7) is 0. The van der Waals surface area contributed by atoms with Gasteiger partial charge in [-0.05, 0) is 42.3 Å². The lowest BCUT2D eigenvalue weighted by atomic mass is 9.83. The van der Waals surface area contributed by atoms with Gasteiger partial charge < -0.3 is 20.6 Å². The van der Waals surface area contributed by atoms with Crippen molar-refractivity contribution in [2.24, 2.45) is 5.92 Å². The van der Waals surface area contributed by atoms with Gasteiger partial charge in [-0.2, -0.15) is 0 Å². The molecule has 1 fully saturated rings. The number of rotatable bonds is 7. The lowest BCUT2D eigenvalue weighted by Gasteiger charge is -2.32.